The van der Waals surface area contributed by atoms with Gasteiger partial charge >= 0.3 is 0 Å². The molecular weight excluding hydrogens is 371 g/mol. The van der Waals surface area contributed by atoms with Gasteiger partial charge in [0.2, 0.25) is 0 Å². The number of hydrogen-bond donors (Lipinski definition) is 2. The zero-order valence-electron chi connectivity index (χ0n) is 14.4. The van der Waals surface area contributed by atoms with Crippen LogP contribution in [0.25, 0.3) is 21.8 Å². The molecule has 0 aliphatic carbocycles. The molecule has 4 nitrogen and oxygen atoms in total. The van der Waals surface area contributed by atoms with Crippen LogP contribution in [0.1, 0.15) is 12.8 Å². The highest BCUT2D eigenvalue weighted by atomic mass is 35.5. The Morgan fingerprint density at radius 3 is 2.35 bits per heavy atom. The number of aromatic nitrogens is 1. The first-order valence-electron chi connectivity index (χ1n) is 8.99. The zero-order chi connectivity index (χ0) is 18.1. The summed E-state index contributed by atoms with van der Waals surface area (Å²) in [4.78, 5) is 0. The van der Waals surface area contributed by atoms with Gasteiger partial charge in [-0.2, -0.15) is 0 Å². The van der Waals surface area contributed by atoms with Crippen LogP contribution in [-0.2, 0) is 11.3 Å². The van der Waals surface area contributed by atoms with Crippen molar-refractivity contribution in [3.8, 4) is 0 Å². The largest absolute Gasteiger partial charge is 0.390 e. The van der Waals surface area contributed by atoms with Gasteiger partial charge in [-0.05, 0) is 49.2 Å². The van der Waals surface area contributed by atoms with Crippen LogP contribution in [-0.4, -0.2) is 41.6 Å². The highest BCUT2D eigenvalue weighted by molar-refractivity contribution is 6.33. The molecule has 3 aromatic rings. The highest BCUT2D eigenvalue weighted by Crippen LogP contribution is 2.33. The van der Waals surface area contributed by atoms with Crippen molar-refractivity contribution in [2.75, 3.05) is 19.7 Å². The molecule has 2 heterocycles. The van der Waals surface area contributed by atoms with Gasteiger partial charge < -0.3 is 19.7 Å². The molecule has 2 N–H and O–H groups in total. The number of fused-ring (bicyclic) bond motifs is 3. The molecule has 26 heavy (non-hydrogen) atoms. The SMILES string of the molecule is O[C@@H](CNC[C@@H]1CCCO1)Cn1c2ccc(Cl)cc2c2cc(Cl)ccc21. The van der Waals surface area contributed by atoms with E-state index in [1.807, 2.05) is 36.4 Å². The number of halogens is 2. The maximum Gasteiger partial charge on any atom is 0.0843 e. The number of benzene rings is 2. The molecule has 1 saturated heterocycles. The molecule has 0 saturated carbocycles. The molecule has 6 heteroatoms. The van der Waals surface area contributed by atoms with Crippen molar-refractivity contribution in [2.45, 2.75) is 31.6 Å². The first-order valence-corrected chi connectivity index (χ1v) is 9.75. The van der Waals surface area contributed by atoms with Crippen molar-refractivity contribution >= 4 is 45.0 Å². The summed E-state index contributed by atoms with van der Waals surface area (Å²) in [5, 5.41) is 17.4. The number of rotatable bonds is 6. The quantitative estimate of drug-likeness (QED) is 0.659. The van der Waals surface area contributed by atoms with Crippen LogP contribution in [0.4, 0.5) is 0 Å². The van der Waals surface area contributed by atoms with Gasteiger partial charge in [0.1, 0.15) is 0 Å². The van der Waals surface area contributed by atoms with E-state index in [-0.39, 0.29) is 6.10 Å². The summed E-state index contributed by atoms with van der Waals surface area (Å²) < 4.78 is 7.74. The molecule has 0 bridgehead atoms. The normalized spacial score (nSPS) is 18.8. The second-order valence-electron chi connectivity index (χ2n) is 6.88. The van der Waals surface area contributed by atoms with E-state index in [1.165, 1.54) is 0 Å². The molecule has 2 aromatic carbocycles. The monoisotopic (exact) mass is 392 g/mol. The van der Waals surface area contributed by atoms with E-state index in [0.717, 1.165) is 47.8 Å². The van der Waals surface area contributed by atoms with Crippen LogP contribution in [0.15, 0.2) is 36.4 Å². The molecule has 0 unspecified atom stereocenters. The number of nitrogens with one attached hydrogen (secondary N) is 1. The summed E-state index contributed by atoms with van der Waals surface area (Å²) >= 11 is 12.4. The third-order valence-electron chi connectivity index (χ3n) is 4.96. The van der Waals surface area contributed by atoms with Gasteiger partial charge in [0, 0.05) is 51.5 Å². The molecular formula is C20H22Cl2N2O2. The molecule has 0 radical (unpaired) electrons. The van der Waals surface area contributed by atoms with Gasteiger partial charge in [0.15, 0.2) is 0 Å². The highest BCUT2D eigenvalue weighted by Gasteiger charge is 2.17. The van der Waals surface area contributed by atoms with Gasteiger partial charge in [-0.15, -0.1) is 0 Å². The van der Waals surface area contributed by atoms with Crippen molar-refractivity contribution in [3.05, 3.63) is 46.4 Å². The third-order valence-corrected chi connectivity index (χ3v) is 5.43. The summed E-state index contributed by atoms with van der Waals surface area (Å²) in [5.41, 5.74) is 2.09. The predicted octanol–water partition coefficient (Wildman–Crippen LogP) is 4.23. The fraction of sp³-hybridized carbons (Fsp3) is 0.400. The maximum atomic E-state index is 10.5. The smallest absolute Gasteiger partial charge is 0.0843 e. The molecule has 0 amide bonds. The molecule has 1 aliphatic heterocycles. The summed E-state index contributed by atoms with van der Waals surface area (Å²) in [6.07, 6.45) is 2.00. The molecule has 4 rings (SSSR count). The van der Waals surface area contributed by atoms with E-state index >= 15 is 0 Å². The molecule has 1 aromatic heterocycles. The van der Waals surface area contributed by atoms with Crippen molar-refractivity contribution in [1.82, 2.24) is 9.88 Å². The lowest BCUT2D eigenvalue weighted by Crippen LogP contribution is -2.34. The van der Waals surface area contributed by atoms with E-state index in [2.05, 4.69) is 9.88 Å². The fourth-order valence-corrected chi connectivity index (χ4v) is 4.08. The lowest BCUT2D eigenvalue weighted by molar-refractivity contribution is 0.101. The van der Waals surface area contributed by atoms with E-state index in [1.54, 1.807) is 0 Å². The summed E-state index contributed by atoms with van der Waals surface area (Å²) in [7, 11) is 0. The number of ether oxygens (including phenoxy) is 1. The Bertz CT molecular complexity index is 860. The molecule has 0 spiro atoms. The number of aliphatic hydroxyl groups is 1. The lowest BCUT2D eigenvalue weighted by Gasteiger charge is -2.16. The minimum Gasteiger partial charge on any atom is -0.390 e. The Morgan fingerprint density at radius 1 is 1.12 bits per heavy atom. The Kier molecular flexibility index (Phi) is 5.39. The minimum atomic E-state index is -0.499. The third kappa shape index (κ3) is 3.71. The summed E-state index contributed by atoms with van der Waals surface area (Å²) in [6.45, 7) is 2.67. The van der Waals surface area contributed by atoms with Crippen LogP contribution < -0.4 is 5.32 Å². The van der Waals surface area contributed by atoms with Crippen LogP contribution in [0.3, 0.4) is 0 Å². The van der Waals surface area contributed by atoms with Gasteiger partial charge in [-0.3, -0.25) is 0 Å². The van der Waals surface area contributed by atoms with Crippen molar-refractivity contribution in [2.24, 2.45) is 0 Å². The maximum absolute atomic E-state index is 10.5. The van der Waals surface area contributed by atoms with Crippen molar-refractivity contribution in [3.63, 3.8) is 0 Å². The molecule has 1 fully saturated rings. The Balaban J connectivity index is 1.56. The fourth-order valence-electron chi connectivity index (χ4n) is 3.74. The second-order valence-corrected chi connectivity index (χ2v) is 7.75. The average Bonchev–Trinajstić information content (AvgIpc) is 3.22. The predicted molar refractivity (Wildman–Crippen MR) is 107 cm³/mol. The van der Waals surface area contributed by atoms with E-state index in [0.29, 0.717) is 23.1 Å². The number of aliphatic hydroxyl groups excluding tert-OH is 1. The Morgan fingerprint density at radius 2 is 1.77 bits per heavy atom. The first-order chi connectivity index (χ1) is 12.6. The second kappa shape index (κ2) is 7.75. The number of hydrogen-bond acceptors (Lipinski definition) is 3. The van der Waals surface area contributed by atoms with Gasteiger partial charge in [-0.25, -0.2) is 0 Å². The summed E-state index contributed by atoms with van der Waals surface area (Å²) in [5.74, 6) is 0. The molecule has 2 atom stereocenters. The van der Waals surface area contributed by atoms with Gasteiger partial charge in [0.05, 0.1) is 18.8 Å². The van der Waals surface area contributed by atoms with Gasteiger partial charge in [-0.1, -0.05) is 23.2 Å². The van der Waals surface area contributed by atoms with Crippen molar-refractivity contribution in [1.29, 1.82) is 0 Å². The number of nitrogens with zero attached hydrogens (tertiary/aromatic N) is 1. The van der Waals surface area contributed by atoms with Crippen molar-refractivity contribution < 1.29 is 9.84 Å². The molecule has 138 valence electrons. The zero-order valence-corrected chi connectivity index (χ0v) is 15.9. The van der Waals surface area contributed by atoms with E-state index in [4.69, 9.17) is 27.9 Å². The van der Waals surface area contributed by atoms with Crippen LogP contribution in [0.5, 0.6) is 0 Å². The summed E-state index contributed by atoms with van der Waals surface area (Å²) in [6, 6.07) is 11.7. The minimum absolute atomic E-state index is 0.278. The Labute approximate surface area is 162 Å². The van der Waals surface area contributed by atoms with Gasteiger partial charge in [0.25, 0.3) is 0 Å². The standard InChI is InChI=1S/C20H22Cl2N2O2/c21-13-3-5-19-17(8-13)18-9-14(22)4-6-20(18)24(19)12-15(25)10-23-11-16-2-1-7-26-16/h3-6,8-9,15-16,23,25H,1-2,7,10-12H2/t15-,16-/m0/s1. The van der Waals surface area contributed by atoms with Crippen LogP contribution in [0, 0.1) is 0 Å². The Hall–Kier alpha value is -1.30. The first kappa shape index (κ1) is 18.1. The van der Waals surface area contributed by atoms with Crippen LogP contribution >= 0.6 is 23.2 Å². The molecule has 1 aliphatic rings. The average molecular weight is 393 g/mol. The van der Waals surface area contributed by atoms with E-state index in [9.17, 15) is 5.11 Å². The topological polar surface area (TPSA) is 46.4 Å². The van der Waals surface area contributed by atoms with E-state index < -0.39 is 6.10 Å². The lowest BCUT2D eigenvalue weighted by atomic mass is 10.1. The van der Waals surface area contributed by atoms with Crippen LogP contribution in [0.2, 0.25) is 10.0 Å².